The maximum absolute atomic E-state index is 10.9. The highest BCUT2D eigenvalue weighted by molar-refractivity contribution is 7.99. The van der Waals surface area contributed by atoms with Crippen molar-refractivity contribution in [3.63, 3.8) is 0 Å². The van der Waals surface area contributed by atoms with E-state index in [0.717, 1.165) is 22.9 Å². The summed E-state index contributed by atoms with van der Waals surface area (Å²) in [6.07, 6.45) is 1.59. The minimum Gasteiger partial charge on any atom is -0.488 e. The van der Waals surface area contributed by atoms with Crippen LogP contribution in [0.4, 0.5) is 5.95 Å². The summed E-state index contributed by atoms with van der Waals surface area (Å²) < 4.78 is 7.07. The number of carbonyl (C=O) groups excluding carboxylic acids is 1. The number of aromatic nitrogens is 3. The van der Waals surface area contributed by atoms with Gasteiger partial charge in [0.05, 0.1) is 12.0 Å². The van der Waals surface area contributed by atoms with E-state index in [1.54, 1.807) is 6.21 Å². The molecule has 0 unspecified atom stereocenters. The number of hydrogen-bond acceptors (Lipinski definition) is 8. The Kier molecular flexibility index (Phi) is 6.93. The average Bonchev–Trinajstić information content (AvgIpc) is 3.06. The Morgan fingerprint density at radius 1 is 1.24 bits per heavy atom. The smallest absolute Gasteiger partial charge is 0.264 e. The first kappa shape index (κ1) is 20.5. The van der Waals surface area contributed by atoms with Gasteiger partial charge in [-0.2, -0.15) is 5.10 Å². The van der Waals surface area contributed by atoms with E-state index < -0.39 is 5.91 Å². The lowest BCUT2D eigenvalue weighted by Gasteiger charge is -2.09. The summed E-state index contributed by atoms with van der Waals surface area (Å²) in [5.74, 6) is 6.33. The van der Waals surface area contributed by atoms with Crippen molar-refractivity contribution in [2.45, 2.75) is 11.8 Å². The molecule has 3 aromatic rings. The van der Waals surface area contributed by atoms with Gasteiger partial charge in [-0.25, -0.2) is 10.1 Å². The summed E-state index contributed by atoms with van der Waals surface area (Å²) in [5.41, 5.74) is 9.58. The first-order valence-electron chi connectivity index (χ1n) is 8.40. The second-order valence-corrected chi connectivity index (χ2v) is 7.13. The minimum absolute atomic E-state index is 0.0525. The van der Waals surface area contributed by atoms with Crippen LogP contribution in [-0.2, 0) is 11.4 Å². The Balaban J connectivity index is 1.62. The molecule has 1 aromatic heterocycles. The summed E-state index contributed by atoms with van der Waals surface area (Å²) >= 11 is 6.98. The summed E-state index contributed by atoms with van der Waals surface area (Å²) in [4.78, 5) is 10.9. The maximum atomic E-state index is 10.9. The summed E-state index contributed by atoms with van der Waals surface area (Å²) in [7, 11) is 0. The number of para-hydroxylation sites is 1. The Bertz CT molecular complexity index is 1010. The molecule has 1 heterocycles. The number of rotatable bonds is 9. The fourth-order valence-electron chi connectivity index (χ4n) is 2.21. The molecule has 0 aliphatic carbocycles. The molecule has 1 amide bonds. The molecule has 0 saturated carbocycles. The quantitative estimate of drug-likeness (QED) is 0.205. The highest BCUT2D eigenvalue weighted by Gasteiger charge is 2.10. The number of anilines is 1. The van der Waals surface area contributed by atoms with Crippen LogP contribution in [0.5, 0.6) is 5.75 Å². The van der Waals surface area contributed by atoms with Gasteiger partial charge in [-0.3, -0.25) is 4.79 Å². The Labute approximate surface area is 176 Å². The first-order chi connectivity index (χ1) is 14.0. The highest BCUT2D eigenvalue weighted by Crippen LogP contribution is 2.19. The number of hydrazone groups is 1. The summed E-state index contributed by atoms with van der Waals surface area (Å²) in [6, 6.07) is 14.9. The number of carbonyl (C=O) groups is 1. The fourth-order valence-corrected chi connectivity index (χ4v) is 2.93. The number of hydrogen-bond donors (Lipinski definition) is 3. The van der Waals surface area contributed by atoms with E-state index in [1.165, 1.54) is 4.68 Å². The molecule has 0 saturated heterocycles. The molecule has 0 fully saturated rings. The van der Waals surface area contributed by atoms with E-state index in [0.29, 0.717) is 22.5 Å². The zero-order valence-electron chi connectivity index (χ0n) is 15.2. The van der Waals surface area contributed by atoms with Crippen molar-refractivity contribution in [1.82, 2.24) is 14.9 Å². The number of thioether (sulfide) groups is 1. The van der Waals surface area contributed by atoms with E-state index in [4.69, 9.17) is 27.9 Å². The Morgan fingerprint density at radius 2 is 2.00 bits per heavy atom. The fraction of sp³-hybridized carbons (Fsp3) is 0.111. The number of amides is 1. The number of benzene rings is 2. The van der Waals surface area contributed by atoms with Crippen molar-refractivity contribution >= 4 is 41.4 Å². The SMILES string of the molecule is NC(=O)CSc1nnc(N/N=C/c2ccccc2OCc2ccc(Cl)cc2)n1N. The predicted octanol–water partition coefficient (Wildman–Crippen LogP) is 2.25. The van der Waals surface area contributed by atoms with Crippen LogP contribution in [0, 0.1) is 0 Å². The summed E-state index contributed by atoms with van der Waals surface area (Å²) in [6.45, 7) is 0.396. The molecule has 0 aliphatic heterocycles. The normalized spacial score (nSPS) is 10.9. The minimum atomic E-state index is -0.472. The van der Waals surface area contributed by atoms with Crippen LogP contribution < -0.4 is 21.7 Å². The van der Waals surface area contributed by atoms with Gasteiger partial charge in [0, 0.05) is 10.6 Å². The second kappa shape index (κ2) is 9.80. The number of halogens is 1. The molecule has 5 N–H and O–H groups in total. The molecule has 0 bridgehead atoms. The number of primary amides is 1. The molecule has 3 rings (SSSR count). The predicted molar refractivity (Wildman–Crippen MR) is 114 cm³/mol. The van der Waals surface area contributed by atoms with E-state index in [1.807, 2.05) is 48.5 Å². The van der Waals surface area contributed by atoms with Crippen molar-refractivity contribution in [2.24, 2.45) is 10.8 Å². The zero-order valence-corrected chi connectivity index (χ0v) is 16.7. The molecular weight excluding hydrogens is 414 g/mol. The summed E-state index contributed by atoms with van der Waals surface area (Å²) in [5, 5.41) is 12.9. The first-order valence-corrected chi connectivity index (χ1v) is 9.76. The zero-order chi connectivity index (χ0) is 20.6. The standard InChI is InChI=1S/C18H18ClN7O2S/c19-14-7-5-12(6-8-14)10-28-15-4-2-1-3-13(15)9-22-23-17-24-25-18(26(17)21)29-11-16(20)27/h1-9H,10-11,21H2,(H2,20,27)(H,23,24)/b22-9+. The third-order valence-corrected chi connectivity index (χ3v) is 4.82. The van der Waals surface area contributed by atoms with Gasteiger partial charge < -0.3 is 16.3 Å². The van der Waals surface area contributed by atoms with Crippen molar-refractivity contribution in [3.8, 4) is 5.75 Å². The van der Waals surface area contributed by atoms with Gasteiger partial charge in [0.25, 0.3) is 5.95 Å². The molecule has 11 heteroatoms. The average molecular weight is 432 g/mol. The lowest BCUT2D eigenvalue weighted by molar-refractivity contribution is -0.115. The molecule has 0 aliphatic rings. The third-order valence-electron chi connectivity index (χ3n) is 3.60. The monoisotopic (exact) mass is 431 g/mol. The Hall–Kier alpha value is -3.24. The van der Waals surface area contributed by atoms with Gasteiger partial charge >= 0.3 is 0 Å². The molecule has 2 aromatic carbocycles. The molecule has 9 nitrogen and oxygen atoms in total. The molecule has 0 spiro atoms. The van der Waals surface area contributed by atoms with Crippen LogP contribution in [0.1, 0.15) is 11.1 Å². The molecule has 150 valence electrons. The van der Waals surface area contributed by atoms with E-state index in [9.17, 15) is 4.79 Å². The van der Waals surface area contributed by atoms with Crippen LogP contribution >= 0.6 is 23.4 Å². The number of nitrogens with two attached hydrogens (primary N) is 2. The number of nitrogen functional groups attached to an aromatic ring is 1. The number of nitrogens with zero attached hydrogens (tertiary/aromatic N) is 4. The molecule has 29 heavy (non-hydrogen) atoms. The van der Waals surface area contributed by atoms with Crippen LogP contribution in [-0.4, -0.2) is 32.7 Å². The van der Waals surface area contributed by atoms with Crippen molar-refractivity contribution < 1.29 is 9.53 Å². The largest absolute Gasteiger partial charge is 0.488 e. The maximum Gasteiger partial charge on any atom is 0.264 e. The topological polar surface area (TPSA) is 133 Å². The lowest BCUT2D eigenvalue weighted by Crippen LogP contribution is -2.16. The van der Waals surface area contributed by atoms with Crippen molar-refractivity contribution in [1.29, 1.82) is 0 Å². The van der Waals surface area contributed by atoms with E-state index >= 15 is 0 Å². The van der Waals surface area contributed by atoms with Gasteiger partial charge in [-0.15, -0.1) is 10.2 Å². The number of ether oxygens (including phenoxy) is 1. The van der Waals surface area contributed by atoms with Gasteiger partial charge in [0.2, 0.25) is 11.1 Å². The van der Waals surface area contributed by atoms with Gasteiger partial charge in [-0.1, -0.05) is 47.6 Å². The van der Waals surface area contributed by atoms with Gasteiger partial charge in [-0.05, 0) is 29.8 Å². The third kappa shape index (κ3) is 5.87. The van der Waals surface area contributed by atoms with Crippen LogP contribution in [0.25, 0.3) is 0 Å². The second-order valence-electron chi connectivity index (χ2n) is 5.75. The number of nitrogens with one attached hydrogen (secondary N) is 1. The van der Waals surface area contributed by atoms with Gasteiger partial charge in [0.1, 0.15) is 12.4 Å². The van der Waals surface area contributed by atoms with Crippen LogP contribution in [0.3, 0.4) is 0 Å². The Morgan fingerprint density at radius 3 is 2.76 bits per heavy atom. The highest BCUT2D eigenvalue weighted by atomic mass is 35.5. The van der Waals surface area contributed by atoms with Crippen LogP contribution in [0.2, 0.25) is 5.02 Å². The lowest BCUT2D eigenvalue weighted by atomic mass is 10.2. The van der Waals surface area contributed by atoms with E-state index in [-0.39, 0.29) is 11.7 Å². The molecular formula is C18H18ClN7O2S. The molecule has 0 radical (unpaired) electrons. The van der Waals surface area contributed by atoms with Crippen molar-refractivity contribution in [3.05, 3.63) is 64.7 Å². The van der Waals surface area contributed by atoms with Crippen molar-refractivity contribution in [2.75, 3.05) is 17.0 Å². The van der Waals surface area contributed by atoms with Crippen LogP contribution in [0.15, 0.2) is 58.8 Å². The molecule has 0 atom stereocenters. The van der Waals surface area contributed by atoms with E-state index in [2.05, 4.69) is 20.7 Å². The van der Waals surface area contributed by atoms with Gasteiger partial charge in [0.15, 0.2) is 0 Å².